The number of imidazole rings is 1. The summed E-state index contributed by atoms with van der Waals surface area (Å²) >= 11 is 0. The second kappa shape index (κ2) is 7.13. The summed E-state index contributed by atoms with van der Waals surface area (Å²) in [6.45, 7) is 7.45. The summed E-state index contributed by atoms with van der Waals surface area (Å²) < 4.78 is 2.05. The monoisotopic (exact) mass is 327 g/mol. The van der Waals surface area contributed by atoms with Crippen molar-refractivity contribution in [3.8, 4) is 0 Å². The molecule has 128 valence electrons. The number of amides is 1. The van der Waals surface area contributed by atoms with Crippen LogP contribution in [-0.2, 0) is 13.5 Å². The van der Waals surface area contributed by atoms with Crippen molar-refractivity contribution in [1.29, 1.82) is 0 Å². The van der Waals surface area contributed by atoms with E-state index in [9.17, 15) is 4.79 Å². The van der Waals surface area contributed by atoms with Crippen LogP contribution in [0.5, 0.6) is 0 Å². The minimum absolute atomic E-state index is 0.101. The number of aromatic nitrogens is 3. The number of carbonyl (C=O) groups excluding carboxylic acids is 1. The fourth-order valence-electron chi connectivity index (χ4n) is 3.41. The van der Waals surface area contributed by atoms with Crippen LogP contribution in [0, 0.1) is 0 Å². The molecule has 0 aliphatic carbocycles. The van der Waals surface area contributed by atoms with Gasteiger partial charge < -0.3 is 9.47 Å². The minimum Gasteiger partial charge on any atom is -0.337 e. The maximum absolute atomic E-state index is 13.0. The van der Waals surface area contributed by atoms with Crippen molar-refractivity contribution in [1.82, 2.24) is 24.3 Å². The Kier molecular flexibility index (Phi) is 4.94. The van der Waals surface area contributed by atoms with Crippen molar-refractivity contribution in [2.75, 3.05) is 26.2 Å². The van der Waals surface area contributed by atoms with Crippen LogP contribution < -0.4 is 0 Å². The molecule has 1 amide bonds. The predicted octanol–water partition coefficient (Wildman–Crippen LogP) is 1.90. The van der Waals surface area contributed by atoms with E-state index in [1.165, 1.54) is 0 Å². The quantitative estimate of drug-likeness (QED) is 0.861. The van der Waals surface area contributed by atoms with Crippen LogP contribution in [0.3, 0.4) is 0 Å². The molecule has 1 saturated heterocycles. The van der Waals surface area contributed by atoms with Crippen molar-refractivity contribution in [2.24, 2.45) is 7.05 Å². The third kappa shape index (κ3) is 3.06. The molecule has 2 aromatic rings. The number of aryl methyl sites for hydroxylation is 2. The lowest BCUT2D eigenvalue weighted by molar-refractivity contribution is 0.0472. The molecule has 2 aromatic heterocycles. The Morgan fingerprint density at radius 3 is 2.79 bits per heavy atom. The Labute approximate surface area is 143 Å². The Morgan fingerprint density at radius 1 is 1.29 bits per heavy atom. The summed E-state index contributed by atoms with van der Waals surface area (Å²) in [6.07, 6.45) is 8.09. The van der Waals surface area contributed by atoms with Crippen LogP contribution in [0.25, 0.3) is 0 Å². The average Bonchev–Trinajstić information content (AvgIpc) is 3.06. The second-order valence-corrected chi connectivity index (χ2v) is 6.18. The molecule has 0 radical (unpaired) electrons. The Morgan fingerprint density at radius 2 is 2.12 bits per heavy atom. The van der Waals surface area contributed by atoms with Crippen LogP contribution in [-0.4, -0.2) is 56.4 Å². The van der Waals surface area contributed by atoms with Crippen molar-refractivity contribution in [3.05, 3.63) is 47.8 Å². The van der Waals surface area contributed by atoms with Gasteiger partial charge in [0.2, 0.25) is 0 Å². The van der Waals surface area contributed by atoms with Gasteiger partial charge in [0.05, 0.1) is 6.04 Å². The second-order valence-electron chi connectivity index (χ2n) is 6.18. The predicted molar refractivity (Wildman–Crippen MR) is 92.7 cm³/mol. The van der Waals surface area contributed by atoms with E-state index in [1.807, 2.05) is 35.0 Å². The molecule has 1 aliphatic rings. The zero-order valence-electron chi connectivity index (χ0n) is 14.6. The lowest BCUT2D eigenvalue weighted by Gasteiger charge is -2.40. The van der Waals surface area contributed by atoms with Gasteiger partial charge in [-0.15, -0.1) is 0 Å². The van der Waals surface area contributed by atoms with Crippen LogP contribution in [0.4, 0.5) is 0 Å². The fourth-order valence-corrected chi connectivity index (χ4v) is 3.41. The molecule has 3 rings (SSSR count). The summed E-state index contributed by atoms with van der Waals surface area (Å²) in [5.74, 6) is 1.11. The third-order valence-electron chi connectivity index (χ3n) is 4.86. The van der Waals surface area contributed by atoms with E-state index in [-0.39, 0.29) is 11.9 Å². The molecule has 0 aromatic carbocycles. The maximum atomic E-state index is 13.0. The molecule has 0 saturated carbocycles. The van der Waals surface area contributed by atoms with E-state index in [0.717, 1.165) is 43.0 Å². The molecular formula is C18H25N5O. The van der Waals surface area contributed by atoms with E-state index < -0.39 is 0 Å². The van der Waals surface area contributed by atoms with E-state index in [4.69, 9.17) is 0 Å². The van der Waals surface area contributed by atoms with Gasteiger partial charge in [0.15, 0.2) is 0 Å². The number of nitrogens with zero attached hydrogens (tertiary/aromatic N) is 5. The third-order valence-corrected chi connectivity index (χ3v) is 4.86. The number of likely N-dealkylation sites (N-methyl/N-ethyl adjacent to an activating group) is 1. The molecule has 24 heavy (non-hydrogen) atoms. The molecule has 1 unspecified atom stereocenters. The topological polar surface area (TPSA) is 54.3 Å². The van der Waals surface area contributed by atoms with Crippen LogP contribution in [0.15, 0.2) is 30.9 Å². The summed E-state index contributed by atoms with van der Waals surface area (Å²) in [7, 11) is 2.01. The fraction of sp³-hybridized carbons (Fsp3) is 0.500. The average molecular weight is 327 g/mol. The highest BCUT2D eigenvalue weighted by Gasteiger charge is 2.32. The van der Waals surface area contributed by atoms with Gasteiger partial charge in [-0.3, -0.25) is 14.7 Å². The zero-order valence-corrected chi connectivity index (χ0v) is 14.6. The van der Waals surface area contributed by atoms with Crippen LogP contribution >= 0.6 is 0 Å². The number of pyridine rings is 1. The standard InChI is InChI=1S/C18H25N5O/c1-4-14-12-19-7-6-15(14)18(24)23-11-10-22(5-2)16(13-23)17-20-8-9-21(17)3/h6-9,12,16H,4-5,10-11,13H2,1-3H3. The van der Waals surface area contributed by atoms with Gasteiger partial charge in [0.25, 0.3) is 5.91 Å². The van der Waals surface area contributed by atoms with E-state index in [0.29, 0.717) is 6.54 Å². The highest BCUT2D eigenvalue weighted by atomic mass is 16.2. The molecule has 6 nitrogen and oxygen atoms in total. The number of rotatable bonds is 4. The first-order chi connectivity index (χ1) is 11.7. The summed E-state index contributed by atoms with van der Waals surface area (Å²) in [4.78, 5) is 26.0. The molecule has 6 heteroatoms. The molecule has 0 N–H and O–H groups in total. The first kappa shape index (κ1) is 16.6. The molecule has 1 aliphatic heterocycles. The van der Waals surface area contributed by atoms with Gasteiger partial charge in [-0.2, -0.15) is 0 Å². The van der Waals surface area contributed by atoms with Gasteiger partial charge >= 0.3 is 0 Å². The molecule has 1 fully saturated rings. The molecule has 0 spiro atoms. The SMILES string of the molecule is CCc1cnccc1C(=O)N1CCN(CC)C(c2nccn2C)C1. The first-order valence-electron chi connectivity index (χ1n) is 8.59. The molecule has 3 heterocycles. The van der Waals surface area contributed by atoms with Crippen molar-refractivity contribution in [3.63, 3.8) is 0 Å². The Hall–Kier alpha value is -2.21. The summed E-state index contributed by atoms with van der Waals surface area (Å²) in [5, 5.41) is 0. The number of piperazine rings is 1. The van der Waals surface area contributed by atoms with E-state index in [1.54, 1.807) is 12.4 Å². The number of carbonyl (C=O) groups is 1. The van der Waals surface area contributed by atoms with Gasteiger partial charge in [-0.05, 0) is 24.6 Å². The lowest BCUT2D eigenvalue weighted by Crippen LogP contribution is -2.51. The van der Waals surface area contributed by atoms with Gasteiger partial charge in [0.1, 0.15) is 5.82 Å². The molecular weight excluding hydrogens is 302 g/mol. The first-order valence-corrected chi connectivity index (χ1v) is 8.59. The molecule has 1 atom stereocenters. The summed E-state index contributed by atoms with van der Waals surface area (Å²) in [6, 6.07) is 1.97. The number of hydrogen-bond donors (Lipinski definition) is 0. The van der Waals surface area contributed by atoms with Gasteiger partial charge in [0, 0.05) is 57.0 Å². The van der Waals surface area contributed by atoms with Crippen molar-refractivity contribution < 1.29 is 4.79 Å². The van der Waals surface area contributed by atoms with Crippen molar-refractivity contribution >= 4 is 5.91 Å². The van der Waals surface area contributed by atoms with E-state index >= 15 is 0 Å². The van der Waals surface area contributed by atoms with Crippen LogP contribution in [0.1, 0.15) is 41.6 Å². The Balaban J connectivity index is 1.85. The minimum atomic E-state index is 0.101. The Bertz CT molecular complexity index is 711. The highest BCUT2D eigenvalue weighted by Crippen LogP contribution is 2.25. The lowest BCUT2D eigenvalue weighted by atomic mass is 10.1. The number of hydrogen-bond acceptors (Lipinski definition) is 4. The normalized spacial score (nSPS) is 18.8. The smallest absolute Gasteiger partial charge is 0.254 e. The highest BCUT2D eigenvalue weighted by molar-refractivity contribution is 5.95. The molecule has 0 bridgehead atoms. The van der Waals surface area contributed by atoms with Crippen molar-refractivity contribution in [2.45, 2.75) is 26.3 Å². The largest absolute Gasteiger partial charge is 0.337 e. The summed E-state index contributed by atoms with van der Waals surface area (Å²) in [5.41, 5.74) is 1.78. The van der Waals surface area contributed by atoms with Gasteiger partial charge in [-0.25, -0.2) is 4.98 Å². The maximum Gasteiger partial charge on any atom is 0.254 e. The van der Waals surface area contributed by atoms with Crippen LogP contribution in [0.2, 0.25) is 0 Å². The van der Waals surface area contributed by atoms with E-state index in [2.05, 4.69) is 28.7 Å². The zero-order chi connectivity index (χ0) is 17.1. The van der Waals surface area contributed by atoms with Gasteiger partial charge in [-0.1, -0.05) is 13.8 Å².